The Labute approximate surface area is 135 Å². The van der Waals surface area contributed by atoms with Gasteiger partial charge in [-0.15, -0.1) is 0 Å². The molecule has 1 aliphatic rings. The Kier molecular flexibility index (Phi) is 5.84. The zero-order valence-corrected chi connectivity index (χ0v) is 13.5. The predicted molar refractivity (Wildman–Crippen MR) is 85.0 cm³/mol. The second-order valence-corrected chi connectivity index (χ2v) is 5.89. The summed E-state index contributed by atoms with van der Waals surface area (Å²) in [5.74, 6) is -0.277. The first-order chi connectivity index (χ1) is 11.0. The molecule has 6 heteroatoms. The van der Waals surface area contributed by atoms with Crippen molar-refractivity contribution in [1.82, 2.24) is 5.32 Å². The third-order valence-electron chi connectivity index (χ3n) is 4.24. The van der Waals surface area contributed by atoms with Gasteiger partial charge in [0.2, 0.25) is 0 Å². The van der Waals surface area contributed by atoms with Crippen molar-refractivity contribution in [3.05, 3.63) is 23.8 Å². The van der Waals surface area contributed by atoms with E-state index in [1.807, 2.05) is 0 Å². The van der Waals surface area contributed by atoms with Gasteiger partial charge in [-0.1, -0.05) is 19.8 Å². The fourth-order valence-electron chi connectivity index (χ4n) is 2.85. The smallest absolute Gasteiger partial charge is 0.339 e. The number of hydrogen-bond donors (Lipinski definition) is 2. The van der Waals surface area contributed by atoms with Gasteiger partial charge in [-0.25, -0.2) is 4.79 Å². The molecular weight excluding hydrogens is 298 g/mol. The summed E-state index contributed by atoms with van der Waals surface area (Å²) >= 11 is 0. The maximum atomic E-state index is 12.1. The molecule has 0 radical (unpaired) electrons. The number of ether oxygens (including phenoxy) is 2. The summed E-state index contributed by atoms with van der Waals surface area (Å²) in [5, 5.41) is 12.1. The van der Waals surface area contributed by atoms with Crippen LogP contribution in [0.1, 0.15) is 43.0 Å². The van der Waals surface area contributed by atoms with Crippen LogP contribution in [0.3, 0.4) is 0 Å². The van der Waals surface area contributed by atoms with Gasteiger partial charge in [-0.3, -0.25) is 4.79 Å². The minimum absolute atomic E-state index is 0.00429. The monoisotopic (exact) mass is 321 g/mol. The van der Waals surface area contributed by atoms with Gasteiger partial charge < -0.3 is 19.9 Å². The number of carbonyl (C=O) groups is 2. The molecule has 1 saturated carbocycles. The Hall–Kier alpha value is -2.24. The van der Waals surface area contributed by atoms with Crippen LogP contribution < -0.4 is 14.8 Å². The molecule has 1 aromatic carbocycles. The van der Waals surface area contributed by atoms with Crippen molar-refractivity contribution in [1.29, 1.82) is 0 Å². The fourth-order valence-corrected chi connectivity index (χ4v) is 2.85. The molecule has 2 rings (SSSR count). The third-order valence-corrected chi connectivity index (χ3v) is 4.24. The second-order valence-electron chi connectivity index (χ2n) is 5.89. The number of methoxy groups -OCH3 is 1. The maximum absolute atomic E-state index is 12.1. The van der Waals surface area contributed by atoms with Crippen LogP contribution in [0.15, 0.2) is 18.2 Å². The van der Waals surface area contributed by atoms with Gasteiger partial charge >= 0.3 is 5.97 Å². The van der Waals surface area contributed by atoms with E-state index in [1.165, 1.54) is 25.7 Å². The Morgan fingerprint density at radius 2 is 2.04 bits per heavy atom. The standard InChI is InChI=1S/C17H23NO5/c1-11-5-3-4-6-14(11)18-16(19)10-23-15-9-12(22-2)7-8-13(15)17(20)21/h7-9,11,14H,3-6,10H2,1-2H3,(H,18,19)(H,20,21)/t11-,14-/m1/s1. The third kappa shape index (κ3) is 4.61. The minimum Gasteiger partial charge on any atom is -0.497 e. The quantitative estimate of drug-likeness (QED) is 0.841. The van der Waals surface area contributed by atoms with Crippen LogP contribution in [0.25, 0.3) is 0 Å². The molecule has 23 heavy (non-hydrogen) atoms. The largest absolute Gasteiger partial charge is 0.497 e. The van der Waals surface area contributed by atoms with E-state index in [2.05, 4.69) is 12.2 Å². The van der Waals surface area contributed by atoms with Crippen LogP contribution in [-0.2, 0) is 4.79 Å². The molecular formula is C17H23NO5. The van der Waals surface area contributed by atoms with Gasteiger partial charge in [0.05, 0.1) is 7.11 Å². The number of benzene rings is 1. The Morgan fingerprint density at radius 3 is 2.70 bits per heavy atom. The summed E-state index contributed by atoms with van der Waals surface area (Å²) in [7, 11) is 1.48. The highest BCUT2D eigenvalue weighted by Crippen LogP contribution is 2.25. The highest BCUT2D eigenvalue weighted by molar-refractivity contribution is 5.91. The average Bonchev–Trinajstić information content (AvgIpc) is 2.54. The molecule has 0 unspecified atom stereocenters. The van der Waals surface area contributed by atoms with Gasteiger partial charge in [0.1, 0.15) is 17.1 Å². The van der Waals surface area contributed by atoms with E-state index in [-0.39, 0.29) is 29.9 Å². The zero-order valence-electron chi connectivity index (χ0n) is 13.5. The number of hydrogen-bond acceptors (Lipinski definition) is 4. The molecule has 1 aliphatic carbocycles. The predicted octanol–water partition coefficient (Wildman–Crippen LogP) is 2.47. The molecule has 1 amide bonds. The van der Waals surface area contributed by atoms with Crippen LogP contribution in [-0.4, -0.2) is 36.7 Å². The van der Waals surface area contributed by atoms with Crippen LogP contribution in [0, 0.1) is 5.92 Å². The molecule has 1 aromatic rings. The van der Waals surface area contributed by atoms with Crippen molar-refractivity contribution < 1.29 is 24.2 Å². The molecule has 2 atom stereocenters. The average molecular weight is 321 g/mol. The Balaban J connectivity index is 1.96. The second kappa shape index (κ2) is 7.85. The molecule has 0 bridgehead atoms. The van der Waals surface area contributed by atoms with E-state index in [0.29, 0.717) is 11.7 Å². The molecule has 0 spiro atoms. The van der Waals surface area contributed by atoms with E-state index in [4.69, 9.17) is 14.6 Å². The Bertz CT molecular complexity index is 572. The van der Waals surface area contributed by atoms with E-state index in [9.17, 15) is 9.59 Å². The molecule has 0 saturated heterocycles. The summed E-state index contributed by atoms with van der Waals surface area (Å²) in [5.41, 5.74) is 0.00429. The van der Waals surface area contributed by atoms with Crippen molar-refractivity contribution in [3.8, 4) is 11.5 Å². The van der Waals surface area contributed by atoms with Crippen molar-refractivity contribution in [2.75, 3.05) is 13.7 Å². The summed E-state index contributed by atoms with van der Waals surface area (Å²) in [6, 6.07) is 4.58. The van der Waals surface area contributed by atoms with Crippen LogP contribution >= 0.6 is 0 Å². The lowest BCUT2D eigenvalue weighted by molar-refractivity contribution is -0.124. The topological polar surface area (TPSA) is 84.9 Å². The minimum atomic E-state index is -1.11. The number of rotatable bonds is 6. The molecule has 6 nitrogen and oxygen atoms in total. The number of nitrogens with one attached hydrogen (secondary N) is 1. The molecule has 126 valence electrons. The van der Waals surface area contributed by atoms with Gasteiger partial charge in [-0.2, -0.15) is 0 Å². The molecule has 0 aromatic heterocycles. The van der Waals surface area contributed by atoms with Gasteiger partial charge in [0.15, 0.2) is 6.61 Å². The van der Waals surface area contributed by atoms with Crippen molar-refractivity contribution in [2.24, 2.45) is 5.92 Å². The van der Waals surface area contributed by atoms with E-state index < -0.39 is 5.97 Å². The first-order valence-electron chi connectivity index (χ1n) is 7.84. The number of carboxylic acids is 1. The van der Waals surface area contributed by atoms with E-state index in [0.717, 1.165) is 19.3 Å². The zero-order chi connectivity index (χ0) is 16.8. The van der Waals surface area contributed by atoms with Crippen molar-refractivity contribution in [3.63, 3.8) is 0 Å². The van der Waals surface area contributed by atoms with Gasteiger partial charge in [0.25, 0.3) is 5.91 Å². The number of carbonyl (C=O) groups excluding carboxylic acids is 1. The van der Waals surface area contributed by atoms with E-state index in [1.54, 1.807) is 6.07 Å². The van der Waals surface area contributed by atoms with Crippen LogP contribution in [0.4, 0.5) is 0 Å². The lowest BCUT2D eigenvalue weighted by Gasteiger charge is -2.29. The van der Waals surface area contributed by atoms with Crippen molar-refractivity contribution >= 4 is 11.9 Å². The lowest BCUT2D eigenvalue weighted by atomic mass is 9.86. The molecule has 1 fully saturated rings. The number of aromatic carboxylic acids is 1. The first kappa shape index (κ1) is 17.1. The molecule has 2 N–H and O–H groups in total. The Morgan fingerprint density at radius 1 is 1.30 bits per heavy atom. The van der Waals surface area contributed by atoms with Crippen LogP contribution in [0.2, 0.25) is 0 Å². The summed E-state index contributed by atoms with van der Waals surface area (Å²) in [4.78, 5) is 23.3. The molecule has 0 heterocycles. The SMILES string of the molecule is COc1ccc(C(=O)O)c(OCC(=O)N[C@@H]2CCCC[C@H]2C)c1. The summed E-state index contributed by atoms with van der Waals surface area (Å²) in [6.45, 7) is 1.92. The van der Waals surface area contributed by atoms with E-state index >= 15 is 0 Å². The number of carboxylic acid groups (broad SMARTS) is 1. The first-order valence-corrected chi connectivity index (χ1v) is 7.84. The fraction of sp³-hybridized carbons (Fsp3) is 0.529. The van der Waals surface area contributed by atoms with Crippen molar-refractivity contribution in [2.45, 2.75) is 38.6 Å². The van der Waals surface area contributed by atoms with Gasteiger partial charge in [0, 0.05) is 12.1 Å². The summed E-state index contributed by atoms with van der Waals surface area (Å²) < 4.78 is 10.5. The number of amides is 1. The van der Waals surface area contributed by atoms with Crippen LogP contribution in [0.5, 0.6) is 11.5 Å². The maximum Gasteiger partial charge on any atom is 0.339 e. The van der Waals surface area contributed by atoms with Gasteiger partial charge in [-0.05, 0) is 30.9 Å². The highest BCUT2D eigenvalue weighted by Gasteiger charge is 2.23. The summed E-state index contributed by atoms with van der Waals surface area (Å²) in [6.07, 6.45) is 4.42. The normalized spacial score (nSPS) is 20.6. The lowest BCUT2D eigenvalue weighted by Crippen LogP contribution is -2.43. The molecule has 0 aliphatic heterocycles. The highest BCUT2D eigenvalue weighted by atomic mass is 16.5.